The monoisotopic (exact) mass is 344 g/mol. The normalized spacial score (nSPS) is 13.8. The highest BCUT2D eigenvalue weighted by molar-refractivity contribution is 9.10. The molecule has 0 saturated carbocycles. The summed E-state index contributed by atoms with van der Waals surface area (Å²) in [6, 6.07) is 7.46. The first-order valence-corrected chi connectivity index (χ1v) is 7.34. The number of anilines is 1. The van der Waals surface area contributed by atoms with Crippen LogP contribution in [0.25, 0.3) is 0 Å². The van der Waals surface area contributed by atoms with E-state index in [4.69, 9.17) is 0 Å². The lowest BCUT2D eigenvalue weighted by molar-refractivity contribution is -0.114. The number of amides is 1. The molecule has 0 unspecified atom stereocenters. The number of aryl methyl sites for hydroxylation is 2. The Kier molecular flexibility index (Phi) is 3.37. The second kappa shape index (κ2) is 5.07. The summed E-state index contributed by atoms with van der Waals surface area (Å²) in [6.45, 7) is 4.14. The Bertz CT molecular complexity index is 754. The number of halogens is 1. The Morgan fingerprint density at radius 2 is 1.95 bits per heavy atom. The van der Waals surface area contributed by atoms with E-state index in [1.54, 1.807) is 12.3 Å². The van der Waals surface area contributed by atoms with Crippen molar-refractivity contribution in [2.45, 2.75) is 20.4 Å². The molecule has 3 rings (SSSR count). The van der Waals surface area contributed by atoms with Gasteiger partial charge in [0.15, 0.2) is 0 Å². The minimum Gasteiger partial charge on any atom is -0.298 e. The molecule has 1 aliphatic rings. The van der Waals surface area contributed by atoms with Crippen LogP contribution in [-0.2, 0) is 11.3 Å². The highest BCUT2D eigenvalue weighted by Gasteiger charge is 2.37. The molecule has 0 N–H and O–H groups in total. The molecule has 0 bridgehead atoms. The van der Waals surface area contributed by atoms with E-state index in [1.165, 1.54) is 4.90 Å². The van der Waals surface area contributed by atoms with Gasteiger partial charge >= 0.3 is 0 Å². The van der Waals surface area contributed by atoms with Gasteiger partial charge in [0, 0.05) is 10.7 Å². The van der Waals surface area contributed by atoms with E-state index in [0.29, 0.717) is 17.8 Å². The number of fused-ring (bicyclic) bond motifs is 1. The lowest BCUT2D eigenvalue weighted by Gasteiger charge is -2.18. The van der Waals surface area contributed by atoms with E-state index in [9.17, 15) is 9.59 Å². The van der Waals surface area contributed by atoms with Crippen molar-refractivity contribution < 1.29 is 9.59 Å². The quantitative estimate of drug-likeness (QED) is 0.786. The number of Topliss-reactive ketones (excluding diaryl/α,β-unsaturated/α-hetero) is 1. The molecule has 0 atom stereocenters. The summed E-state index contributed by atoms with van der Waals surface area (Å²) in [6.07, 6.45) is 1.68. The average molecular weight is 345 g/mol. The lowest BCUT2D eigenvalue weighted by atomic mass is 10.0. The summed E-state index contributed by atoms with van der Waals surface area (Å²) < 4.78 is 0.877. The molecule has 2 heterocycles. The minimum absolute atomic E-state index is 0.300. The molecule has 0 aliphatic carbocycles. The summed E-state index contributed by atoms with van der Waals surface area (Å²) >= 11 is 3.33. The second-order valence-corrected chi connectivity index (χ2v) is 6.08. The molecule has 0 saturated heterocycles. The van der Waals surface area contributed by atoms with Crippen LogP contribution in [-0.4, -0.2) is 16.7 Å². The summed E-state index contributed by atoms with van der Waals surface area (Å²) in [4.78, 5) is 30.2. The standard InChI is InChI=1S/C16H13BrN2O2/c1-9-5-10(2)14-13(6-9)15(20)16(21)19(14)8-12-4-3-11(17)7-18-12/h3-7H,8H2,1-2H3. The minimum atomic E-state index is -0.483. The van der Waals surface area contributed by atoms with Crippen molar-refractivity contribution in [1.29, 1.82) is 0 Å². The van der Waals surface area contributed by atoms with E-state index in [1.807, 2.05) is 32.0 Å². The first-order chi connectivity index (χ1) is 9.97. The topological polar surface area (TPSA) is 50.3 Å². The molecule has 0 fully saturated rings. The van der Waals surface area contributed by atoms with Crippen LogP contribution in [0.1, 0.15) is 27.2 Å². The fraction of sp³-hybridized carbons (Fsp3) is 0.188. The molecule has 1 amide bonds. The zero-order valence-electron chi connectivity index (χ0n) is 11.7. The molecule has 0 radical (unpaired) electrons. The molecular weight excluding hydrogens is 332 g/mol. The van der Waals surface area contributed by atoms with Crippen molar-refractivity contribution in [1.82, 2.24) is 4.98 Å². The fourth-order valence-corrected chi connectivity index (χ4v) is 2.88. The number of hydrogen-bond acceptors (Lipinski definition) is 3. The van der Waals surface area contributed by atoms with Gasteiger partial charge in [-0.1, -0.05) is 6.07 Å². The zero-order valence-corrected chi connectivity index (χ0v) is 13.3. The van der Waals surface area contributed by atoms with Crippen LogP contribution in [0, 0.1) is 13.8 Å². The molecule has 1 aromatic heterocycles. The maximum Gasteiger partial charge on any atom is 0.299 e. The molecule has 4 nitrogen and oxygen atoms in total. The summed E-state index contributed by atoms with van der Waals surface area (Å²) in [5, 5.41) is 0. The molecule has 1 aliphatic heterocycles. The molecule has 1 aromatic carbocycles. The van der Waals surface area contributed by atoms with Gasteiger partial charge in [0.2, 0.25) is 0 Å². The van der Waals surface area contributed by atoms with Gasteiger partial charge < -0.3 is 0 Å². The Hall–Kier alpha value is -2.01. The summed E-state index contributed by atoms with van der Waals surface area (Å²) in [5.41, 5.74) is 3.86. The SMILES string of the molecule is Cc1cc(C)c2c(c1)C(=O)C(=O)N2Cc1ccc(Br)cn1. The maximum absolute atomic E-state index is 12.2. The third kappa shape index (κ3) is 2.38. The Labute approximate surface area is 130 Å². The van der Waals surface area contributed by atoms with Crippen LogP contribution in [0.15, 0.2) is 34.9 Å². The van der Waals surface area contributed by atoms with E-state index in [-0.39, 0.29) is 0 Å². The summed E-state index contributed by atoms with van der Waals surface area (Å²) in [7, 11) is 0. The van der Waals surface area contributed by atoms with Crippen molar-refractivity contribution >= 4 is 33.3 Å². The predicted molar refractivity (Wildman–Crippen MR) is 83.4 cm³/mol. The number of aromatic nitrogens is 1. The van der Waals surface area contributed by atoms with Gasteiger partial charge in [0.05, 0.1) is 23.5 Å². The van der Waals surface area contributed by atoms with E-state index >= 15 is 0 Å². The number of benzene rings is 1. The first-order valence-electron chi connectivity index (χ1n) is 6.55. The van der Waals surface area contributed by atoms with Gasteiger partial charge in [-0.05, 0) is 59.1 Å². The van der Waals surface area contributed by atoms with Crippen LogP contribution < -0.4 is 4.90 Å². The lowest BCUT2D eigenvalue weighted by Crippen LogP contribution is -2.29. The van der Waals surface area contributed by atoms with Crippen LogP contribution in [0.2, 0.25) is 0 Å². The number of carbonyl (C=O) groups excluding carboxylic acids is 2. The van der Waals surface area contributed by atoms with Crippen LogP contribution in [0.5, 0.6) is 0 Å². The largest absolute Gasteiger partial charge is 0.299 e. The molecule has 106 valence electrons. The van der Waals surface area contributed by atoms with Crippen molar-refractivity contribution in [3.8, 4) is 0 Å². The Morgan fingerprint density at radius 3 is 2.62 bits per heavy atom. The number of rotatable bonds is 2. The molecule has 2 aromatic rings. The number of hydrogen-bond donors (Lipinski definition) is 0. The number of nitrogens with zero attached hydrogens (tertiary/aromatic N) is 2. The van der Waals surface area contributed by atoms with Gasteiger partial charge in [0.1, 0.15) is 0 Å². The highest BCUT2D eigenvalue weighted by Crippen LogP contribution is 2.34. The first kappa shape index (κ1) is 13.9. The van der Waals surface area contributed by atoms with Crippen LogP contribution in [0.3, 0.4) is 0 Å². The Morgan fingerprint density at radius 1 is 1.19 bits per heavy atom. The average Bonchev–Trinajstić information content (AvgIpc) is 2.67. The number of pyridine rings is 1. The van der Waals surface area contributed by atoms with Crippen molar-refractivity contribution in [3.63, 3.8) is 0 Å². The third-order valence-corrected chi connectivity index (χ3v) is 3.98. The van der Waals surface area contributed by atoms with Gasteiger partial charge in [-0.15, -0.1) is 0 Å². The van der Waals surface area contributed by atoms with Gasteiger partial charge in [-0.2, -0.15) is 0 Å². The molecule has 21 heavy (non-hydrogen) atoms. The molecule has 5 heteroatoms. The van der Waals surface area contributed by atoms with E-state index in [2.05, 4.69) is 20.9 Å². The van der Waals surface area contributed by atoms with Gasteiger partial charge in [0.25, 0.3) is 11.7 Å². The molecular formula is C16H13BrN2O2. The third-order valence-electron chi connectivity index (χ3n) is 3.51. The van der Waals surface area contributed by atoms with E-state index < -0.39 is 11.7 Å². The van der Waals surface area contributed by atoms with Crippen LogP contribution >= 0.6 is 15.9 Å². The summed E-state index contributed by atoms with van der Waals surface area (Å²) in [5.74, 6) is -0.919. The number of carbonyl (C=O) groups is 2. The maximum atomic E-state index is 12.2. The second-order valence-electron chi connectivity index (χ2n) is 5.17. The van der Waals surface area contributed by atoms with Gasteiger partial charge in [-0.3, -0.25) is 19.5 Å². The smallest absolute Gasteiger partial charge is 0.298 e. The van der Waals surface area contributed by atoms with E-state index in [0.717, 1.165) is 21.3 Å². The van der Waals surface area contributed by atoms with Gasteiger partial charge in [-0.25, -0.2) is 0 Å². The highest BCUT2D eigenvalue weighted by atomic mass is 79.9. The predicted octanol–water partition coefficient (Wildman–Crippen LogP) is 3.19. The van der Waals surface area contributed by atoms with Crippen LogP contribution in [0.4, 0.5) is 5.69 Å². The van der Waals surface area contributed by atoms with Crippen molar-refractivity contribution in [2.75, 3.05) is 4.90 Å². The molecule has 0 spiro atoms. The Balaban J connectivity index is 2.03. The fourth-order valence-electron chi connectivity index (χ4n) is 2.64. The van der Waals surface area contributed by atoms with Crippen molar-refractivity contribution in [3.05, 3.63) is 57.3 Å². The number of ketones is 1. The van der Waals surface area contributed by atoms with Crippen molar-refractivity contribution in [2.24, 2.45) is 0 Å². The zero-order chi connectivity index (χ0) is 15.1.